The van der Waals surface area contributed by atoms with Crippen LogP contribution >= 0.6 is 11.3 Å². The molecule has 1 N–H and O–H groups in total. The Morgan fingerprint density at radius 3 is 2.60 bits per heavy atom. The summed E-state index contributed by atoms with van der Waals surface area (Å²) in [6.45, 7) is 7.95. The van der Waals surface area contributed by atoms with E-state index in [0.717, 1.165) is 13.0 Å². The predicted molar refractivity (Wildman–Crippen MR) is 88.5 cm³/mol. The first-order valence-electron chi connectivity index (χ1n) is 8.49. The molecule has 0 saturated carbocycles. The summed E-state index contributed by atoms with van der Waals surface area (Å²) in [5.74, 6) is 0. The van der Waals surface area contributed by atoms with Gasteiger partial charge in [0.1, 0.15) is 5.01 Å². The highest BCUT2D eigenvalue weighted by Gasteiger charge is 2.33. The summed E-state index contributed by atoms with van der Waals surface area (Å²) in [6.07, 6.45) is 11.3. The SMILES string of the molecule is CCCCC(CC)(NCCC)c1nc2c(s1)CCCC2. The Morgan fingerprint density at radius 2 is 1.95 bits per heavy atom. The van der Waals surface area contributed by atoms with Gasteiger partial charge in [-0.3, -0.25) is 0 Å². The lowest BCUT2D eigenvalue weighted by molar-refractivity contribution is 0.287. The second kappa shape index (κ2) is 7.56. The van der Waals surface area contributed by atoms with Crippen LogP contribution in [0.3, 0.4) is 0 Å². The van der Waals surface area contributed by atoms with Crippen LogP contribution in [0.4, 0.5) is 0 Å². The molecule has 0 amide bonds. The van der Waals surface area contributed by atoms with Crippen molar-refractivity contribution in [2.24, 2.45) is 0 Å². The first-order chi connectivity index (χ1) is 9.75. The highest BCUT2D eigenvalue weighted by Crippen LogP contribution is 2.37. The Morgan fingerprint density at radius 1 is 1.15 bits per heavy atom. The molecule has 1 unspecified atom stereocenters. The van der Waals surface area contributed by atoms with Gasteiger partial charge in [-0.05, 0) is 51.5 Å². The van der Waals surface area contributed by atoms with Gasteiger partial charge < -0.3 is 5.32 Å². The van der Waals surface area contributed by atoms with Gasteiger partial charge in [-0.15, -0.1) is 11.3 Å². The second-order valence-corrected chi connectivity index (χ2v) is 7.15. The van der Waals surface area contributed by atoms with E-state index in [1.165, 1.54) is 62.1 Å². The van der Waals surface area contributed by atoms with Crippen LogP contribution in [0.25, 0.3) is 0 Å². The smallest absolute Gasteiger partial charge is 0.113 e. The number of rotatable bonds is 8. The Hall–Kier alpha value is -0.410. The van der Waals surface area contributed by atoms with E-state index < -0.39 is 0 Å². The number of thiazole rings is 1. The van der Waals surface area contributed by atoms with Crippen LogP contribution in [0, 0.1) is 0 Å². The van der Waals surface area contributed by atoms with Gasteiger partial charge >= 0.3 is 0 Å². The van der Waals surface area contributed by atoms with Crippen molar-refractivity contribution in [3.05, 3.63) is 15.6 Å². The molecule has 2 nitrogen and oxygen atoms in total. The van der Waals surface area contributed by atoms with E-state index in [1.807, 2.05) is 11.3 Å². The maximum atomic E-state index is 5.06. The van der Waals surface area contributed by atoms with Gasteiger partial charge in [-0.2, -0.15) is 0 Å². The van der Waals surface area contributed by atoms with E-state index >= 15 is 0 Å². The highest BCUT2D eigenvalue weighted by molar-refractivity contribution is 7.11. The number of fused-ring (bicyclic) bond motifs is 1. The highest BCUT2D eigenvalue weighted by atomic mass is 32.1. The van der Waals surface area contributed by atoms with E-state index in [9.17, 15) is 0 Å². The van der Waals surface area contributed by atoms with Crippen molar-refractivity contribution < 1.29 is 0 Å². The molecule has 1 atom stereocenters. The molecule has 1 heterocycles. The molecule has 1 aromatic heterocycles. The Kier molecular flexibility index (Phi) is 6.03. The predicted octanol–water partition coefficient (Wildman–Crippen LogP) is 4.82. The van der Waals surface area contributed by atoms with Crippen LogP contribution in [-0.2, 0) is 18.4 Å². The fourth-order valence-electron chi connectivity index (χ4n) is 3.12. The maximum Gasteiger partial charge on any atom is 0.113 e. The molecule has 2 rings (SSSR count). The number of aryl methyl sites for hydroxylation is 2. The number of unbranched alkanes of at least 4 members (excludes halogenated alkanes) is 1. The molecule has 114 valence electrons. The first-order valence-corrected chi connectivity index (χ1v) is 9.31. The molecule has 1 aromatic rings. The van der Waals surface area contributed by atoms with Gasteiger partial charge in [0.2, 0.25) is 0 Å². The average Bonchev–Trinajstić information content (AvgIpc) is 2.92. The van der Waals surface area contributed by atoms with Crippen molar-refractivity contribution in [1.29, 1.82) is 0 Å². The number of hydrogen-bond acceptors (Lipinski definition) is 3. The molecule has 3 heteroatoms. The summed E-state index contributed by atoms with van der Waals surface area (Å²) in [7, 11) is 0. The number of nitrogens with zero attached hydrogens (tertiary/aromatic N) is 1. The zero-order valence-corrected chi connectivity index (χ0v) is 14.2. The Labute approximate surface area is 128 Å². The lowest BCUT2D eigenvalue weighted by Gasteiger charge is -2.32. The zero-order chi connectivity index (χ0) is 14.4. The van der Waals surface area contributed by atoms with Crippen LogP contribution in [-0.4, -0.2) is 11.5 Å². The van der Waals surface area contributed by atoms with Gasteiger partial charge in [0.15, 0.2) is 0 Å². The topological polar surface area (TPSA) is 24.9 Å². The summed E-state index contributed by atoms with van der Waals surface area (Å²) in [6, 6.07) is 0. The summed E-state index contributed by atoms with van der Waals surface area (Å²) in [5.41, 5.74) is 1.54. The molecule has 1 aliphatic rings. The monoisotopic (exact) mass is 294 g/mol. The normalized spacial score (nSPS) is 17.8. The standard InChI is InChI=1S/C17H30N2S/c1-4-7-12-17(6-3,18-13-5-2)16-19-14-10-8-9-11-15(14)20-16/h18H,4-13H2,1-3H3. The molecule has 0 fully saturated rings. The third kappa shape index (κ3) is 3.43. The van der Waals surface area contributed by atoms with Crippen molar-refractivity contribution in [1.82, 2.24) is 10.3 Å². The molecule has 0 aliphatic heterocycles. The minimum Gasteiger partial charge on any atom is -0.305 e. The lowest BCUT2D eigenvalue weighted by Crippen LogP contribution is -2.42. The van der Waals surface area contributed by atoms with Crippen molar-refractivity contribution in [2.75, 3.05) is 6.54 Å². The molecular weight excluding hydrogens is 264 g/mol. The average molecular weight is 295 g/mol. The van der Waals surface area contributed by atoms with Gasteiger partial charge in [-0.1, -0.05) is 33.6 Å². The van der Waals surface area contributed by atoms with Crippen LogP contribution in [0.5, 0.6) is 0 Å². The van der Waals surface area contributed by atoms with Crippen LogP contribution in [0.15, 0.2) is 0 Å². The van der Waals surface area contributed by atoms with Crippen LogP contribution in [0.2, 0.25) is 0 Å². The van der Waals surface area contributed by atoms with Gasteiger partial charge in [0.25, 0.3) is 0 Å². The van der Waals surface area contributed by atoms with Crippen molar-refractivity contribution in [3.8, 4) is 0 Å². The van der Waals surface area contributed by atoms with E-state index in [-0.39, 0.29) is 5.54 Å². The Bertz CT molecular complexity index is 380. The second-order valence-electron chi connectivity index (χ2n) is 6.06. The number of aromatic nitrogens is 1. The summed E-state index contributed by atoms with van der Waals surface area (Å²) in [5, 5.41) is 5.21. The Balaban J connectivity index is 2.25. The van der Waals surface area contributed by atoms with E-state index in [4.69, 9.17) is 4.98 Å². The summed E-state index contributed by atoms with van der Waals surface area (Å²) in [4.78, 5) is 6.62. The van der Waals surface area contributed by atoms with Crippen molar-refractivity contribution in [3.63, 3.8) is 0 Å². The molecule has 20 heavy (non-hydrogen) atoms. The first kappa shape index (κ1) is 16.0. The number of hydrogen-bond donors (Lipinski definition) is 1. The van der Waals surface area contributed by atoms with Gasteiger partial charge in [0, 0.05) is 4.88 Å². The zero-order valence-electron chi connectivity index (χ0n) is 13.4. The fraction of sp³-hybridized carbons (Fsp3) is 0.824. The molecule has 0 radical (unpaired) electrons. The lowest BCUT2D eigenvalue weighted by atomic mass is 9.90. The van der Waals surface area contributed by atoms with E-state index in [0.29, 0.717) is 0 Å². The number of nitrogens with one attached hydrogen (secondary N) is 1. The minimum atomic E-state index is 0.133. The van der Waals surface area contributed by atoms with Gasteiger partial charge in [0.05, 0.1) is 11.2 Å². The quantitative estimate of drug-likeness (QED) is 0.743. The molecule has 0 spiro atoms. The van der Waals surface area contributed by atoms with E-state index in [2.05, 4.69) is 26.1 Å². The molecule has 1 aliphatic carbocycles. The summed E-state index contributed by atoms with van der Waals surface area (Å²) >= 11 is 1.99. The molecule has 0 aromatic carbocycles. The van der Waals surface area contributed by atoms with E-state index in [1.54, 1.807) is 4.88 Å². The molecule has 0 bridgehead atoms. The van der Waals surface area contributed by atoms with Crippen molar-refractivity contribution >= 4 is 11.3 Å². The van der Waals surface area contributed by atoms with Gasteiger partial charge in [-0.25, -0.2) is 4.98 Å². The largest absolute Gasteiger partial charge is 0.305 e. The molecule has 0 saturated heterocycles. The third-order valence-corrected chi connectivity index (χ3v) is 5.89. The maximum absolute atomic E-state index is 5.06. The third-order valence-electron chi connectivity index (χ3n) is 4.53. The fourth-order valence-corrected chi connectivity index (χ4v) is 4.54. The minimum absolute atomic E-state index is 0.133. The molecular formula is C17H30N2S. The van der Waals surface area contributed by atoms with Crippen molar-refractivity contribution in [2.45, 2.75) is 84.1 Å². The van der Waals surface area contributed by atoms with Crippen LogP contribution in [0.1, 0.15) is 81.3 Å². The summed E-state index contributed by atoms with van der Waals surface area (Å²) < 4.78 is 0. The van der Waals surface area contributed by atoms with Crippen LogP contribution < -0.4 is 5.32 Å².